The minimum Gasteiger partial charge on any atom is -0.336 e. The molecule has 0 bridgehead atoms. The zero-order valence-electron chi connectivity index (χ0n) is 15.3. The highest BCUT2D eigenvalue weighted by molar-refractivity contribution is 8.00. The molecule has 2 saturated heterocycles. The molecule has 0 aromatic carbocycles. The molecule has 0 radical (unpaired) electrons. The molecule has 2 fully saturated rings. The maximum atomic E-state index is 12.8. The van der Waals surface area contributed by atoms with Crippen LogP contribution >= 0.6 is 11.8 Å². The Labute approximate surface area is 163 Å². The molecule has 0 aliphatic carbocycles. The first kappa shape index (κ1) is 20.1. The number of sulfonamides is 1. The van der Waals surface area contributed by atoms with Crippen molar-refractivity contribution >= 4 is 33.7 Å². The average Bonchev–Trinajstić information content (AvgIpc) is 2.90. The Balaban J connectivity index is 1.66. The zero-order chi connectivity index (χ0) is 19.4. The standard InChI is InChI=1S/C17H24N4O4S2/c1-13(16(22)21-11-8-18-17(21)23)26-15-7-6-14(12-19-15)27(24,25)20-9-4-2-3-5-10-20/h6-7,12-13H,2-5,8-11H2,1H3,(H,18,23)/t13-/m1/s1. The Hall–Kier alpha value is -1.65. The Morgan fingerprint density at radius 2 is 1.89 bits per heavy atom. The quantitative estimate of drug-likeness (QED) is 0.739. The molecule has 3 heterocycles. The van der Waals surface area contributed by atoms with Crippen molar-refractivity contribution in [2.24, 2.45) is 0 Å². The molecule has 10 heteroatoms. The predicted molar refractivity (Wildman–Crippen MR) is 102 cm³/mol. The highest BCUT2D eigenvalue weighted by Crippen LogP contribution is 2.25. The van der Waals surface area contributed by atoms with Crippen LogP contribution in [0.3, 0.4) is 0 Å². The van der Waals surface area contributed by atoms with Crippen LogP contribution in [0.25, 0.3) is 0 Å². The largest absolute Gasteiger partial charge is 0.336 e. The fourth-order valence-corrected chi connectivity index (χ4v) is 5.47. The normalized spacial score (nSPS) is 20.2. The summed E-state index contributed by atoms with van der Waals surface area (Å²) in [5.41, 5.74) is 0. The van der Waals surface area contributed by atoms with E-state index in [2.05, 4.69) is 10.3 Å². The second kappa shape index (κ2) is 8.57. The number of urea groups is 1. The molecule has 1 aromatic rings. The topological polar surface area (TPSA) is 99.7 Å². The average molecular weight is 413 g/mol. The van der Waals surface area contributed by atoms with Gasteiger partial charge in [-0.1, -0.05) is 24.6 Å². The Morgan fingerprint density at radius 3 is 2.44 bits per heavy atom. The van der Waals surface area contributed by atoms with Crippen LogP contribution in [0.5, 0.6) is 0 Å². The summed E-state index contributed by atoms with van der Waals surface area (Å²) >= 11 is 1.21. The van der Waals surface area contributed by atoms with Crippen molar-refractivity contribution < 1.29 is 18.0 Å². The van der Waals surface area contributed by atoms with Crippen LogP contribution in [0.2, 0.25) is 0 Å². The van der Waals surface area contributed by atoms with Crippen molar-refractivity contribution in [3.8, 4) is 0 Å². The fraction of sp³-hybridized carbons (Fsp3) is 0.588. The van der Waals surface area contributed by atoms with Gasteiger partial charge in [0.2, 0.25) is 15.9 Å². The smallest absolute Gasteiger partial charge is 0.324 e. The second-order valence-electron chi connectivity index (χ2n) is 6.63. The Morgan fingerprint density at radius 1 is 1.19 bits per heavy atom. The van der Waals surface area contributed by atoms with E-state index in [-0.39, 0.29) is 16.8 Å². The van der Waals surface area contributed by atoms with E-state index in [0.29, 0.717) is 31.2 Å². The summed E-state index contributed by atoms with van der Waals surface area (Å²) in [6.07, 6.45) is 5.22. The maximum absolute atomic E-state index is 12.8. The molecule has 27 heavy (non-hydrogen) atoms. The minimum atomic E-state index is -3.53. The number of rotatable bonds is 5. The van der Waals surface area contributed by atoms with Crippen LogP contribution in [-0.2, 0) is 14.8 Å². The first-order chi connectivity index (χ1) is 12.9. The molecule has 2 aliphatic rings. The third-order valence-electron chi connectivity index (χ3n) is 4.68. The van der Waals surface area contributed by atoms with E-state index in [9.17, 15) is 18.0 Å². The minimum absolute atomic E-state index is 0.173. The van der Waals surface area contributed by atoms with E-state index in [4.69, 9.17) is 0 Å². The summed E-state index contributed by atoms with van der Waals surface area (Å²) in [5.74, 6) is -0.280. The van der Waals surface area contributed by atoms with Crippen molar-refractivity contribution in [3.63, 3.8) is 0 Å². The van der Waals surface area contributed by atoms with E-state index in [1.165, 1.54) is 33.2 Å². The molecule has 2 aliphatic heterocycles. The lowest BCUT2D eigenvalue weighted by Gasteiger charge is -2.20. The van der Waals surface area contributed by atoms with Crippen molar-refractivity contribution in [2.45, 2.75) is 47.8 Å². The van der Waals surface area contributed by atoms with E-state index in [0.717, 1.165) is 25.7 Å². The van der Waals surface area contributed by atoms with Crippen LogP contribution in [0, 0.1) is 0 Å². The molecule has 0 unspecified atom stereocenters. The SMILES string of the molecule is C[C@@H](Sc1ccc(S(=O)(=O)N2CCCCCC2)cn1)C(=O)N1CCNC1=O. The Kier molecular flexibility index (Phi) is 6.38. The lowest BCUT2D eigenvalue weighted by molar-refractivity contribution is -0.126. The first-order valence-electron chi connectivity index (χ1n) is 9.11. The first-order valence-corrected chi connectivity index (χ1v) is 11.4. The van der Waals surface area contributed by atoms with Gasteiger partial charge in [0.1, 0.15) is 4.90 Å². The van der Waals surface area contributed by atoms with E-state index in [1.54, 1.807) is 13.0 Å². The summed E-state index contributed by atoms with van der Waals surface area (Å²) in [7, 11) is -3.53. The third-order valence-corrected chi connectivity index (χ3v) is 7.60. The van der Waals surface area contributed by atoms with E-state index < -0.39 is 15.3 Å². The van der Waals surface area contributed by atoms with Crippen LogP contribution < -0.4 is 5.32 Å². The molecule has 1 atom stereocenters. The number of nitrogens with zero attached hydrogens (tertiary/aromatic N) is 3. The Bertz CT molecular complexity index is 790. The van der Waals surface area contributed by atoms with E-state index in [1.807, 2.05) is 0 Å². The second-order valence-corrected chi connectivity index (χ2v) is 9.93. The molecule has 3 rings (SSSR count). The van der Waals surface area contributed by atoms with Gasteiger partial charge in [-0.15, -0.1) is 0 Å². The van der Waals surface area contributed by atoms with Crippen molar-refractivity contribution in [1.29, 1.82) is 0 Å². The van der Waals surface area contributed by atoms with Gasteiger partial charge in [0.15, 0.2) is 0 Å². The number of hydrogen-bond donors (Lipinski definition) is 1. The van der Waals surface area contributed by atoms with E-state index >= 15 is 0 Å². The summed E-state index contributed by atoms with van der Waals surface area (Å²) in [4.78, 5) is 29.5. The number of nitrogens with one attached hydrogen (secondary N) is 1. The molecule has 0 spiro atoms. The van der Waals surface area contributed by atoms with Gasteiger partial charge >= 0.3 is 6.03 Å². The van der Waals surface area contributed by atoms with Gasteiger partial charge in [0.25, 0.3) is 0 Å². The van der Waals surface area contributed by atoms with Crippen molar-refractivity contribution in [1.82, 2.24) is 19.5 Å². The lowest BCUT2D eigenvalue weighted by atomic mass is 10.2. The van der Waals surface area contributed by atoms with Gasteiger partial charge in [0, 0.05) is 32.4 Å². The number of hydrogen-bond acceptors (Lipinski definition) is 6. The molecule has 3 amide bonds. The van der Waals surface area contributed by atoms with Crippen molar-refractivity contribution in [3.05, 3.63) is 18.3 Å². The maximum Gasteiger partial charge on any atom is 0.324 e. The van der Waals surface area contributed by atoms with Gasteiger partial charge in [-0.3, -0.25) is 9.69 Å². The van der Waals surface area contributed by atoms with Crippen LogP contribution in [0.1, 0.15) is 32.6 Å². The number of amides is 3. The highest BCUT2D eigenvalue weighted by atomic mass is 32.2. The van der Waals surface area contributed by atoms with Crippen LogP contribution in [0.4, 0.5) is 4.79 Å². The summed E-state index contributed by atoms with van der Waals surface area (Å²) < 4.78 is 27.1. The number of carbonyl (C=O) groups is 2. The number of thioether (sulfide) groups is 1. The van der Waals surface area contributed by atoms with Gasteiger partial charge in [-0.2, -0.15) is 4.31 Å². The molecular formula is C17H24N4O4S2. The predicted octanol–water partition coefficient (Wildman–Crippen LogP) is 1.68. The molecule has 1 aromatic heterocycles. The summed E-state index contributed by atoms with van der Waals surface area (Å²) in [6, 6.07) is 2.78. The third kappa shape index (κ3) is 4.61. The number of aromatic nitrogens is 1. The number of imide groups is 1. The molecule has 148 valence electrons. The van der Waals surface area contributed by atoms with Crippen LogP contribution in [0.15, 0.2) is 28.3 Å². The molecule has 1 N–H and O–H groups in total. The van der Waals surface area contributed by atoms with Gasteiger partial charge in [-0.25, -0.2) is 18.2 Å². The van der Waals surface area contributed by atoms with Gasteiger partial charge in [-0.05, 0) is 31.9 Å². The molecular weight excluding hydrogens is 388 g/mol. The number of carbonyl (C=O) groups excluding carboxylic acids is 2. The monoisotopic (exact) mass is 412 g/mol. The fourth-order valence-electron chi connectivity index (χ4n) is 3.15. The highest BCUT2D eigenvalue weighted by Gasteiger charge is 2.30. The lowest BCUT2D eigenvalue weighted by Crippen LogP contribution is -2.38. The number of pyridine rings is 1. The summed E-state index contributed by atoms with van der Waals surface area (Å²) in [6.45, 7) is 3.62. The van der Waals surface area contributed by atoms with Gasteiger partial charge in [0.05, 0.1) is 10.3 Å². The van der Waals surface area contributed by atoms with Crippen LogP contribution in [-0.4, -0.2) is 66.0 Å². The zero-order valence-corrected chi connectivity index (χ0v) is 16.9. The summed E-state index contributed by atoms with van der Waals surface area (Å²) in [5, 5.41) is 2.65. The molecule has 0 saturated carbocycles. The van der Waals surface area contributed by atoms with Gasteiger partial charge < -0.3 is 5.32 Å². The van der Waals surface area contributed by atoms with Crippen molar-refractivity contribution in [2.75, 3.05) is 26.2 Å². The molecule has 8 nitrogen and oxygen atoms in total.